The maximum Gasteiger partial charge on any atom is 0.106 e. The molecule has 2 rings (SSSR count). The Morgan fingerprint density at radius 2 is 2.36 bits per heavy atom. The molecule has 0 aromatic heterocycles. The molecule has 0 bridgehead atoms. The van der Waals surface area contributed by atoms with Crippen molar-refractivity contribution in [1.29, 1.82) is 0 Å². The summed E-state index contributed by atoms with van der Waals surface area (Å²) in [5.74, 6) is 0.674. The van der Waals surface area contributed by atoms with E-state index in [1.165, 1.54) is 24.1 Å². The van der Waals surface area contributed by atoms with Gasteiger partial charge in [0, 0.05) is 19.0 Å². The van der Waals surface area contributed by atoms with E-state index in [0.29, 0.717) is 5.92 Å². The van der Waals surface area contributed by atoms with E-state index in [9.17, 15) is 0 Å². The lowest BCUT2D eigenvalue weighted by atomic mass is 10.0. The molecule has 0 aromatic carbocycles. The maximum absolute atomic E-state index is 4.92. The summed E-state index contributed by atoms with van der Waals surface area (Å²) < 4.78 is 0. The van der Waals surface area contributed by atoms with Gasteiger partial charge in [0.2, 0.25) is 0 Å². The van der Waals surface area contributed by atoms with Gasteiger partial charge in [-0.25, -0.2) is 0 Å². The molecule has 1 heterocycles. The first-order valence-electron chi connectivity index (χ1n) is 5.30. The zero-order valence-corrected chi connectivity index (χ0v) is 8.99. The highest BCUT2D eigenvalue weighted by molar-refractivity contribution is 6.03. The van der Waals surface area contributed by atoms with Crippen LogP contribution in [0.5, 0.6) is 0 Å². The lowest BCUT2D eigenvalue weighted by Crippen LogP contribution is -2.29. The number of rotatable bonds is 3. The van der Waals surface area contributed by atoms with E-state index in [1.807, 2.05) is 0 Å². The molecule has 0 saturated heterocycles. The summed E-state index contributed by atoms with van der Waals surface area (Å²) in [7, 11) is 3.79. The zero-order valence-electron chi connectivity index (χ0n) is 8.99. The highest BCUT2D eigenvalue weighted by Gasteiger charge is 2.31. The van der Waals surface area contributed by atoms with Crippen LogP contribution in [0.4, 0.5) is 0 Å². The fraction of sp³-hybridized carbons (Fsp3) is 0.727. The second-order valence-corrected chi connectivity index (χ2v) is 4.19. The van der Waals surface area contributed by atoms with Crippen LogP contribution in [0.15, 0.2) is 16.8 Å². The van der Waals surface area contributed by atoms with Crippen LogP contribution in [0, 0.1) is 5.92 Å². The van der Waals surface area contributed by atoms with Gasteiger partial charge in [-0.05, 0) is 31.9 Å². The average molecular weight is 194 g/mol. The lowest BCUT2D eigenvalue weighted by Gasteiger charge is -2.23. The summed E-state index contributed by atoms with van der Waals surface area (Å²) in [5, 5.41) is 4.17. The fourth-order valence-electron chi connectivity index (χ4n) is 1.93. The van der Waals surface area contributed by atoms with Gasteiger partial charge in [-0.3, -0.25) is 0 Å². The molecule has 0 N–H and O–H groups in total. The molecule has 0 radical (unpaired) electrons. The quantitative estimate of drug-likeness (QED) is 0.504. The van der Waals surface area contributed by atoms with E-state index in [2.05, 4.69) is 23.2 Å². The summed E-state index contributed by atoms with van der Waals surface area (Å²) in [6, 6.07) is 0. The van der Waals surface area contributed by atoms with Crippen LogP contribution in [0.25, 0.3) is 0 Å². The van der Waals surface area contributed by atoms with Crippen LogP contribution in [0.2, 0.25) is 0 Å². The number of hydrogen-bond donors (Lipinski definition) is 0. The number of hydrogen-bond acceptors (Lipinski definition) is 3. The molecule has 0 aromatic rings. The van der Waals surface area contributed by atoms with Crippen molar-refractivity contribution in [3.8, 4) is 0 Å². The van der Waals surface area contributed by atoms with Crippen LogP contribution in [-0.4, -0.2) is 37.9 Å². The van der Waals surface area contributed by atoms with E-state index < -0.39 is 0 Å². The van der Waals surface area contributed by atoms with Gasteiger partial charge in [0.25, 0.3) is 0 Å². The highest BCUT2D eigenvalue weighted by Crippen LogP contribution is 2.34. The van der Waals surface area contributed by atoms with Crippen molar-refractivity contribution >= 4 is 5.71 Å². The molecule has 0 atom stereocenters. The Morgan fingerprint density at radius 3 is 2.93 bits per heavy atom. The van der Waals surface area contributed by atoms with Gasteiger partial charge in [-0.15, -0.1) is 0 Å². The van der Waals surface area contributed by atoms with Gasteiger partial charge >= 0.3 is 0 Å². The van der Waals surface area contributed by atoms with Crippen LogP contribution >= 0.6 is 0 Å². The molecule has 1 aliphatic carbocycles. The SMILES string of the molecule is CON=C(C1=CCCN(C)C1)C1CC1. The predicted molar refractivity (Wildman–Crippen MR) is 57.4 cm³/mol. The van der Waals surface area contributed by atoms with Crippen molar-refractivity contribution in [2.75, 3.05) is 27.2 Å². The van der Waals surface area contributed by atoms with Crippen LogP contribution in [-0.2, 0) is 4.84 Å². The molecule has 14 heavy (non-hydrogen) atoms. The highest BCUT2D eigenvalue weighted by atomic mass is 16.6. The molecule has 2 aliphatic rings. The topological polar surface area (TPSA) is 24.8 Å². The van der Waals surface area contributed by atoms with Crippen molar-refractivity contribution in [3.05, 3.63) is 11.6 Å². The van der Waals surface area contributed by atoms with Gasteiger partial charge in [-0.2, -0.15) is 0 Å². The average Bonchev–Trinajstić information content (AvgIpc) is 2.97. The first kappa shape index (κ1) is 9.71. The third kappa shape index (κ3) is 2.15. The lowest BCUT2D eigenvalue weighted by molar-refractivity contribution is 0.212. The van der Waals surface area contributed by atoms with Crippen molar-refractivity contribution in [2.24, 2.45) is 11.1 Å². The standard InChI is InChI=1S/C11H18N2O/c1-13-7-3-4-10(8-13)11(12-14-2)9-5-6-9/h4,9H,3,5-8H2,1-2H3. The molecular weight excluding hydrogens is 176 g/mol. The fourth-order valence-corrected chi connectivity index (χ4v) is 1.93. The Bertz CT molecular complexity index is 266. The van der Waals surface area contributed by atoms with Gasteiger partial charge in [0.15, 0.2) is 0 Å². The van der Waals surface area contributed by atoms with Crippen molar-refractivity contribution < 1.29 is 4.84 Å². The van der Waals surface area contributed by atoms with Crippen molar-refractivity contribution in [3.63, 3.8) is 0 Å². The number of likely N-dealkylation sites (N-methyl/N-ethyl adjacent to an activating group) is 1. The summed E-state index contributed by atoms with van der Waals surface area (Å²) in [6.45, 7) is 2.19. The molecule has 0 amide bonds. The summed E-state index contributed by atoms with van der Waals surface area (Å²) >= 11 is 0. The van der Waals surface area contributed by atoms with Crippen molar-refractivity contribution in [2.45, 2.75) is 19.3 Å². The Kier molecular flexibility index (Phi) is 2.87. The summed E-state index contributed by atoms with van der Waals surface area (Å²) in [4.78, 5) is 7.26. The minimum atomic E-state index is 0.674. The van der Waals surface area contributed by atoms with Gasteiger partial charge in [-0.1, -0.05) is 11.2 Å². The van der Waals surface area contributed by atoms with Gasteiger partial charge < -0.3 is 9.74 Å². The third-order valence-corrected chi connectivity index (χ3v) is 2.82. The smallest absolute Gasteiger partial charge is 0.106 e. The molecule has 1 saturated carbocycles. The second-order valence-electron chi connectivity index (χ2n) is 4.19. The third-order valence-electron chi connectivity index (χ3n) is 2.82. The molecule has 78 valence electrons. The second kappa shape index (κ2) is 4.13. The van der Waals surface area contributed by atoms with E-state index in [4.69, 9.17) is 4.84 Å². The minimum absolute atomic E-state index is 0.674. The number of nitrogens with zero attached hydrogens (tertiary/aromatic N) is 2. The van der Waals surface area contributed by atoms with Crippen molar-refractivity contribution in [1.82, 2.24) is 4.90 Å². The number of oxime groups is 1. The molecule has 3 nitrogen and oxygen atoms in total. The Morgan fingerprint density at radius 1 is 1.57 bits per heavy atom. The van der Waals surface area contributed by atoms with Gasteiger partial charge in [0.1, 0.15) is 7.11 Å². The molecule has 3 heteroatoms. The first-order valence-corrected chi connectivity index (χ1v) is 5.30. The van der Waals surface area contributed by atoms with E-state index >= 15 is 0 Å². The Hall–Kier alpha value is -0.830. The normalized spacial score (nSPS) is 24.7. The summed E-state index contributed by atoms with van der Waals surface area (Å²) in [5.41, 5.74) is 2.57. The van der Waals surface area contributed by atoms with E-state index in [0.717, 1.165) is 19.5 Å². The Balaban J connectivity index is 2.10. The molecule has 0 spiro atoms. The summed E-state index contributed by atoms with van der Waals surface area (Å²) in [6.07, 6.45) is 6.02. The molecular formula is C11H18N2O. The largest absolute Gasteiger partial charge is 0.399 e. The Labute approximate surface area is 85.4 Å². The van der Waals surface area contributed by atoms with E-state index in [1.54, 1.807) is 7.11 Å². The van der Waals surface area contributed by atoms with Gasteiger partial charge in [0.05, 0.1) is 5.71 Å². The zero-order chi connectivity index (χ0) is 9.97. The maximum atomic E-state index is 4.92. The van der Waals surface area contributed by atoms with E-state index in [-0.39, 0.29) is 0 Å². The van der Waals surface area contributed by atoms with Crippen LogP contribution < -0.4 is 0 Å². The molecule has 0 unspecified atom stereocenters. The molecule has 1 fully saturated rings. The molecule has 1 aliphatic heterocycles. The van der Waals surface area contributed by atoms with Crippen LogP contribution in [0.1, 0.15) is 19.3 Å². The van der Waals surface area contributed by atoms with Crippen LogP contribution in [0.3, 0.4) is 0 Å². The first-order chi connectivity index (χ1) is 6.81. The minimum Gasteiger partial charge on any atom is -0.399 e. The predicted octanol–water partition coefficient (Wildman–Crippen LogP) is 1.66. The monoisotopic (exact) mass is 194 g/mol.